The number of phenols is 1. The van der Waals surface area contributed by atoms with Gasteiger partial charge in [0, 0.05) is 11.6 Å². The number of hydrogen-bond donors (Lipinski definition) is 2. The largest absolute Gasteiger partial charge is 0.504 e. The van der Waals surface area contributed by atoms with E-state index in [1.165, 1.54) is 7.11 Å². The second kappa shape index (κ2) is 4.48. The second-order valence-electron chi connectivity index (χ2n) is 4.60. The molecule has 0 spiro atoms. The van der Waals surface area contributed by atoms with Gasteiger partial charge in [0.25, 0.3) is 0 Å². The van der Waals surface area contributed by atoms with Crippen molar-refractivity contribution < 1.29 is 24.1 Å². The number of carboxylic acids is 1. The molecule has 0 unspecified atom stereocenters. The number of rotatable bonds is 3. The lowest BCUT2D eigenvalue weighted by molar-refractivity contribution is -0.143. The Kier molecular flexibility index (Phi) is 3.15. The van der Waals surface area contributed by atoms with E-state index in [2.05, 4.69) is 0 Å². The molecule has 0 radical (unpaired) electrons. The van der Waals surface area contributed by atoms with E-state index in [1.807, 2.05) is 0 Å². The van der Waals surface area contributed by atoms with E-state index in [0.29, 0.717) is 12.8 Å². The minimum Gasteiger partial charge on any atom is -0.504 e. The van der Waals surface area contributed by atoms with Crippen LogP contribution < -0.4 is 4.74 Å². The molecular formula is C13H15FO4. The predicted octanol–water partition coefficient (Wildman–Crippen LogP) is 2.44. The van der Waals surface area contributed by atoms with Crippen molar-refractivity contribution in [2.45, 2.75) is 31.1 Å². The molecule has 0 saturated heterocycles. The number of aliphatic carboxylic acids is 1. The molecule has 1 fully saturated rings. The van der Waals surface area contributed by atoms with Crippen LogP contribution >= 0.6 is 0 Å². The van der Waals surface area contributed by atoms with Gasteiger partial charge < -0.3 is 14.9 Å². The van der Waals surface area contributed by atoms with Crippen LogP contribution in [0.25, 0.3) is 0 Å². The van der Waals surface area contributed by atoms with E-state index in [9.17, 15) is 19.4 Å². The van der Waals surface area contributed by atoms with Crippen molar-refractivity contribution in [3.63, 3.8) is 0 Å². The summed E-state index contributed by atoms with van der Waals surface area (Å²) in [4.78, 5) is 11.5. The number of ether oxygens (including phenoxy) is 1. The van der Waals surface area contributed by atoms with Crippen LogP contribution in [-0.2, 0) is 10.2 Å². The smallest absolute Gasteiger partial charge is 0.314 e. The third kappa shape index (κ3) is 1.79. The minimum atomic E-state index is -1.19. The van der Waals surface area contributed by atoms with Crippen LogP contribution in [0, 0.1) is 5.82 Å². The van der Waals surface area contributed by atoms with E-state index in [-0.39, 0.29) is 17.1 Å². The molecular weight excluding hydrogens is 239 g/mol. The zero-order valence-corrected chi connectivity index (χ0v) is 10.1. The summed E-state index contributed by atoms with van der Waals surface area (Å²) in [6.45, 7) is 0. The minimum absolute atomic E-state index is 0.0301. The van der Waals surface area contributed by atoms with Crippen molar-refractivity contribution in [3.05, 3.63) is 23.5 Å². The molecule has 2 rings (SSSR count). The average Bonchev–Trinajstić information content (AvgIpc) is 2.82. The fourth-order valence-corrected chi connectivity index (χ4v) is 2.67. The highest BCUT2D eigenvalue weighted by Gasteiger charge is 2.45. The summed E-state index contributed by atoms with van der Waals surface area (Å²) in [6.07, 6.45) is 2.32. The number of carbonyl (C=O) groups is 1. The molecule has 1 aliphatic rings. The molecule has 1 aromatic carbocycles. The summed E-state index contributed by atoms with van der Waals surface area (Å²) in [5, 5.41) is 19.5. The van der Waals surface area contributed by atoms with Gasteiger partial charge >= 0.3 is 5.97 Å². The van der Waals surface area contributed by atoms with Gasteiger partial charge in [-0.05, 0) is 18.9 Å². The molecule has 0 aliphatic heterocycles. The number of carboxylic acid groups (broad SMARTS) is 1. The lowest BCUT2D eigenvalue weighted by Crippen LogP contribution is -2.32. The SMILES string of the molecule is COc1cc(F)cc(C2(C(=O)O)CCCC2)c1O. The number of hydrogen-bond acceptors (Lipinski definition) is 3. The van der Waals surface area contributed by atoms with Crippen LogP contribution in [0.2, 0.25) is 0 Å². The lowest BCUT2D eigenvalue weighted by Gasteiger charge is -2.25. The van der Waals surface area contributed by atoms with Crippen LogP contribution in [0.4, 0.5) is 4.39 Å². The molecule has 98 valence electrons. The average molecular weight is 254 g/mol. The van der Waals surface area contributed by atoms with Crippen molar-refractivity contribution in [2.24, 2.45) is 0 Å². The van der Waals surface area contributed by atoms with E-state index in [4.69, 9.17) is 4.74 Å². The fraction of sp³-hybridized carbons (Fsp3) is 0.462. The van der Waals surface area contributed by atoms with Crippen molar-refractivity contribution in [1.29, 1.82) is 0 Å². The highest BCUT2D eigenvalue weighted by atomic mass is 19.1. The van der Waals surface area contributed by atoms with Crippen molar-refractivity contribution >= 4 is 5.97 Å². The van der Waals surface area contributed by atoms with Gasteiger partial charge in [-0.1, -0.05) is 12.8 Å². The van der Waals surface area contributed by atoms with Crippen LogP contribution in [0.5, 0.6) is 11.5 Å². The normalized spacial score (nSPS) is 17.7. The summed E-state index contributed by atoms with van der Waals surface area (Å²) in [5.41, 5.74) is -1.08. The standard InChI is InChI=1S/C13H15FO4/c1-18-10-7-8(14)6-9(11(10)15)13(12(16)17)4-2-3-5-13/h6-7,15H,2-5H2,1H3,(H,16,17). The van der Waals surface area contributed by atoms with Gasteiger partial charge in [-0.25, -0.2) is 4.39 Å². The number of phenolic OH excluding ortho intramolecular Hbond substituents is 1. The van der Waals surface area contributed by atoms with Gasteiger partial charge in [0.15, 0.2) is 11.5 Å². The van der Waals surface area contributed by atoms with Gasteiger partial charge in [-0.15, -0.1) is 0 Å². The number of halogens is 1. The van der Waals surface area contributed by atoms with Crippen molar-refractivity contribution in [2.75, 3.05) is 7.11 Å². The maximum Gasteiger partial charge on any atom is 0.314 e. The highest BCUT2D eigenvalue weighted by Crippen LogP contribution is 2.47. The molecule has 4 nitrogen and oxygen atoms in total. The molecule has 1 aliphatic carbocycles. The van der Waals surface area contributed by atoms with E-state index < -0.39 is 17.2 Å². The molecule has 2 N–H and O–H groups in total. The van der Waals surface area contributed by atoms with Gasteiger partial charge in [0.1, 0.15) is 5.82 Å². The van der Waals surface area contributed by atoms with E-state index in [1.54, 1.807) is 0 Å². The van der Waals surface area contributed by atoms with E-state index >= 15 is 0 Å². The molecule has 1 saturated carbocycles. The summed E-state index contributed by atoms with van der Waals surface area (Å²) in [6, 6.07) is 2.14. The predicted molar refractivity (Wildman–Crippen MR) is 62.4 cm³/mol. The van der Waals surface area contributed by atoms with Crippen LogP contribution in [0.15, 0.2) is 12.1 Å². The molecule has 1 aromatic rings. The van der Waals surface area contributed by atoms with Gasteiger partial charge in [0.05, 0.1) is 12.5 Å². The first kappa shape index (κ1) is 12.7. The number of benzene rings is 1. The Balaban J connectivity index is 2.61. The fourth-order valence-electron chi connectivity index (χ4n) is 2.67. The zero-order valence-electron chi connectivity index (χ0n) is 10.1. The van der Waals surface area contributed by atoms with Crippen LogP contribution in [0.1, 0.15) is 31.2 Å². The van der Waals surface area contributed by atoms with Gasteiger partial charge in [-0.3, -0.25) is 4.79 Å². The Morgan fingerprint density at radius 2 is 2.00 bits per heavy atom. The quantitative estimate of drug-likeness (QED) is 0.869. The molecule has 0 atom stereocenters. The third-order valence-corrected chi connectivity index (χ3v) is 3.64. The molecule has 5 heteroatoms. The Labute approximate surface area is 104 Å². The first-order valence-corrected chi connectivity index (χ1v) is 5.81. The monoisotopic (exact) mass is 254 g/mol. The Bertz CT molecular complexity index is 478. The topological polar surface area (TPSA) is 66.8 Å². The maximum absolute atomic E-state index is 13.5. The van der Waals surface area contributed by atoms with Gasteiger partial charge in [-0.2, -0.15) is 0 Å². The maximum atomic E-state index is 13.5. The molecule has 0 bridgehead atoms. The summed E-state index contributed by atoms with van der Waals surface area (Å²) >= 11 is 0. The van der Waals surface area contributed by atoms with Crippen LogP contribution in [-0.4, -0.2) is 23.3 Å². The Hall–Kier alpha value is -1.78. The van der Waals surface area contributed by atoms with Crippen molar-refractivity contribution in [1.82, 2.24) is 0 Å². The Morgan fingerprint density at radius 1 is 1.39 bits per heavy atom. The first-order chi connectivity index (χ1) is 8.51. The van der Waals surface area contributed by atoms with Crippen molar-refractivity contribution in [3.8, 4) is 11.5 Å². The molecule has 18 heavy (non-hydrogen) atoms. The summed E-state index contributed by atoms with van der Waals surface area (Å²) in [5.74, 6) is -1.93. The number of aromatic hydroxyl groups is 1. The third-order valence-electron chi connectivity index (χ3n) is 3.64. The van der Waals surface area contributed by atoms with E-state index in [0.717, 1.165) is 25.0 Å². The Morgan fingerprint density at radius 3 is 2.50 bits per heavy atom. The number of methoxy groups -OCH3 is 1. The summed E-state index contributed by atoms with van der Waals surface area (Å²) in [7, 11) is 1.31. The highest BCUT2D eigenvalue weighted by molar-refractivity contribution is 5.83. The van der Waals surface area contributed by atoms with Gasteiger partial charge in [0.2, 0.25) is 0 Å². The molecule has 0 heterocycles. The molecule has 0 amide bonds. The zero-order chi connectivity index (χ0) is 13.3. The first-order valence-electron chi connectivity index (χ1n) is 5.81. The molecule has 0 aromatic heterocycles. The second-order valence-corrected chi connectivity index (χ2v) is 4.60. The van der Waals surface area contributed by atoms with Crippen LogP contribution in [0.3, 0.4) is 0 Å². The summed E-state index contributed by atoms with van der Waals surface area (Å²) < 4.78 is 18.4. The lowest BCUT2D eigenvalue weighted by atomic mass is 9.78.